The number of benzene rings is 7. The minimum atomic E-state index is -0.317. The zero-order valence-corrected chi connectivity index (χ0v) is 48.3. The first-order valence-corrected chi connectivity index (χ1v) is 26.3. The Hall–Kier alpha value is -7.02. The number of aromatic nitrogens is 2. The normalized spacial score (nSPS) is 15.1. The quantitative estimate of drug-likeness (QED) is 0.159. The number of nitrogens with zero attached hydrogens (tertiary/aromatic N) is 5. The van der Waals surface area contributed by atoms with E-state index < -0.39 is 0 Å². The van der Waals surface area contributed by atoms with E-state index in [1.165, 1.54) is 27.8 Å². The van der Waals surface area contributed by atoms with Gasteiger partial charge in [0, 0.05) is 78.9 Å². The van der Waals surface area contributed by atoms with Crippen molar-refractivity contribution in [2.75, 3.05) is 14.7 Å². The fourth-order valence-electron chi connectivity index (χ4n) is 11.4. The van der Waals surface area contributed by atoms with Gasteiger partial charge in [0.1, 0.15) is 11.5 Å². The van der Waals surface area contributed by atoms with Crippen LogP contribution in [0.1, 0.15) is 130 Å². The van der Waals surface area contributed by atoms with Gasteiger partial charge in [-0.15, -0.1) is 53.6 Å². The second-order valence-electron chi connectivity index (χ2n) is 25.6. The number of ether oxygens (including phenoxy) is 3. The van der Waals surface area contributed by atoms with Crippen LogP contribution < -0.4 is 28.9 Å². The number of pyridine rings is 1. The van der Waals surface area contributed by atoms with Crippen LogP contribution in [-0.4, -0.2) is 9.55 Å². The Morgan fingerprint density at radius 3 is 1.68 bits per heavy atom. The van der Waals surface area contributed by atoms with Crippen molar-refractivity contribution >= 4 is 61.6 Å². The first kappa shape index (κ1) is 49.8. The summed E-state index contributed by atoms with van der Waals surface area (Å²) in [6, 6.07) is 50.9. The van der Waals surface area contributed by atoms with Crippen LogP contribution in [0.2, 0.25) is 0 Å². The van der Waals surface area contributed by atoms with E-state index in [4.69, 9.17) is 19.2 Å². The summed E-state index contributed by atoms with van der Waals surface area (Å²) in [7, 11) is 0. The number of para-hydroxylation sites is 3. The van der Waals surface area contributed by atoms with Crippen LogP contribution in [0.15, 0.2) is 128 Å². The Kier molecular flexibility index (Phi) is 11.0. The Labute approximate surface area is 462 Å². The molecule has 4 aliphatic heterocycles. The van der Waals surface area contributed by atoms with Crippen LogP contribution in [-0.2, 0) is 48.1 Å². The van der Waals surface area contributed by atoms with Crippen molar-refractivity contribution in [3.8, 4) is 40.3 Å². The van der Waals surface area contributed by atoms with Crippen molar-refractivity contribution in [2.24, 2.45) is 0 Å². The molecule has 0 saturated heterocycles. The van der Waals surface area contributed by atoms with Gasteiger partial charge < -0.3 is 28.6 Å². The van der Waals surface area contributed by atoms with Crippen LogP contribution in [0, 0.1) is 18.8 Å². The Morgan fingerprint density at radius 2 is 1.08 bits per heavy atom. The van der Waals surface area contributed by atoms with Gasteiger partial charge in [-0.3, -0.25) is 4.90 Å². The molecule has 0 atom stereocenters. The molecular formula is C67H64N5O3Pt-3. The molecule has 0 unspecified atom stereocenters. The molecule has 7 aromatic carbocycles. The molecule has 388 valence electrons. The van der Waals surface area contributed by atoms with Crippen LogP contribution in [0.4, 0.5) is 39.8 Å². The van der Waals surface area contributed by atoms with Crippen molar-refractivity contribution in [3.63, 3.8) is 0 Å². The van der Waals surface area contributed by atoms with Crippen LogP contribution in [0.25, 0.3) is 27.6 Å². The first-order chi connectivity index (χ1) is 35.4. The largest absolute Gasteiger partial charge is 0.509 e. The minimum Gasteiger partial charge on any atom is -0.509 e. The summed E-state index contributed by atoms with van der Waals surface area (Å²) in [5.74, 6) is 5.24. The molecule has 0 amide bonds. The molecule has 0 fully saturated rings. The predicted octanol–water partition coefficient (Wildman–Crippen LogP) is 18.5. The molecule has 8 nitrogen and oxygen atoms in total. The Balaban J connectivity index is 0.00000582. The molecule has 9 aromatic rings. The van der Waals surface area contributed by atoms with E-state index in [-0.39, 0.29) is 48.1 Å². The molecule has 13 rings (SSSR count). The maximum Gasteiger partial charge on any atom is 0.157 e. The monoisotopic (exact) mass is 1180 g/mol. The molecule has 0 radical (unpaired) electrons. The molecule has 0 saturated carbocycles. The van der Waals surface area contributed by atoms with E-state index in [1.54, 1.807) is 0 Å². The zero-order valence-electron chi connectivity index (χ0n) is 46.0. The number of hydrogen-bond donors (Lipinski definition) is 0. The molecule has 0 N–H and O–H groups in total. The average Bonchev–Trinajstić information content (AvgIpc) is 4.03. The van der Waals surface area contributed by atoms with Crippen LogP contribution in [0.5, 0.6) is 34.5 Å². The van der Waals surface area contributed by atoms with Crippen molar-refractivity contribution in [1.29, 1.82) is 0 Å². The fraction of sp³-hybridized carbons (Fsp3) is 0.284. The molecule has 2 aromatic heterocycles. The van der Waals surface area contributed by atoms with Gasteiger partial charge >= 0.3 is 0 Å². The second-order valence-corrected chi connectivity index (χ2v) is 25.6. The maximum absolute atomic E-state index is 7.17. The zero-order chi connectivity index (χ0) is 52.5. The number of hydrogen-bond acceptors (Lipinski definition) is 7. The summed E-state index contributed by atoms with van der Waals surface area (Å²) in [4.78, 5) is 11.8. The van der Waals surface area contributed by atoms with E-state index in [0.717, 1.165) is 96.0 Å². The molecule has 4 aliphatic rings. The maximum atomic E-state index is 7.17. The van der Waals surface area contributed by atoms with E-state index in [1.807, 2.05) is 12.3 Å². The van der Waals surface area contributed by atoms with Gasteiger partial charge in [0.2, 0.25) is 0 Å². The summed E-state index contributed by atoms with van der Waals surface area (Å²) >= 11 is 0. The van der Waals surface area contributed by atoms with Gasteiger partial charge in [-0.2, -0.15) is 6.07 Å². The summed E-state index contributed by atoms with van der Waals surface area (Å²) in [5, 5.41) is 2.21. The molecule has 0 spiro atoms. The molecule has 9 heteroatoms. The minimum absolute atomic E-state index is 0. The molecule has 76 heavy (non-hydrogen) atoms. The average molecular weight is 1180 g/mol. The smallest absolute Gasteiger partial charge is 0.157 e. The molecule has 6 heterocycles. The fourth-order valence-corrected chi connectivity index (χ4v) is 11.4. The Morgan fingerprint density at radius 1 is 0.526 bits per heavy atom. The third kappa shape index (κ3) is 7.75. The number of rotatable bonds is 5. The third-order valence-electron chi connectivity index (χ3n) is 15.8. The van der Waals surface area contributed by atoms with Gasteiger partial charge in [0.15, 0.2) is 23.0 Å². The van der Waals surface area contributed by atoms with E-state index >= 15 is 0 Å². The van der Waals surface area contributed by atoms with Crippen molar-refractivity contribution in [2.45, 2.75) is 124 Å². The van der Waals surface area contributed by atoms with Crippen molar-refractivity contribution in [3.05, 3.63) is 180 Å². The molecule has 0 aliphatic carbocycles. The summed E-state index contributed by atoms with van der Waals surface area (Å²) in [6.45, 7) is 33.9. The van der Waals surface area contributed by atoms with Gasteiger partial charge in [0.05, 0.1) is 11.4 Å². The van der Waals surface area contributed by atoms with Crippen molar-refractivity contribution < 1.29 is 35.3 Å². The standard InChI is InChI=1S/C67H64N5O3.Pt/c1-63(2,3)39-25-26-68-59(33-39)71-51-20-16-15-19-47(51)48-24-23-45(37-54(48)71)73-46-28-40(64(4,5)6)27-43(34-46)69-38-70(53-22-18-17-21-52(53)69)44-35-57-62-58(36-44)75-56-32-42(66(10,11)12)30-50-61(56)72(62)60-49(67(50,13)14)29-41(65(7,8)9)31-55(60)74-57;/h15-33,35-36,38H,1-14H3;/q-3;. The summed E-state index contributed by atoms with van der Waals surface area (Å²) < 4.78 is 23.4. The van der Waals surface area contributed by atoms with Gasteiger partial charge in [0.25, 0.3) is 0 Å². The number of anilines is 7. The van der Waals surface area contributed by atoms with Gasteiger partial charge in [-0.1, -0.05) is 145 Å². The van der Waals surface area contributed by atoms with Crippen LogP contribution in [0.3, 0.4) is 0 Å². The summed E-state index contributed by atoms with van der Waals surface area (Å²) in [6.07, 6.45) is 1.91. The molecular weight excluding hydrogens is 1120 g/mol. The third-order valence-corrected chi connectivity index (χ3v) is 15.8. The second kappa shape index (κ2) is 16.7. The Bertz CT molecular complexity index is 3800. The predicted molar refractivity (Wildman–Crippen MR) is 306 cm³/mol. The van der Waals surface area contributed by atoms with Crippen LogP contribution >= 0.6 is 0 Å². The van der Waals surface area contributed by atoms with Gasteiger partial charge in [-0.25, -0.2) is 4.98 Å². The van der Waals surface area contributed by atoms with E-state index in [9.17, 15) is 0 Å². The topological polar surface area (TPSA) is 55.2 Å². The first-order valence-electron chi connectivity index (χ1n) is 26.3. The molecule has 0 bridgehead atoms. The number of fused-ring (bicyclic) bond motifs is 4. The van der Waals surface area contributed by atoms with E-state index in [0.29, 0.717) is 11.5 Å². The van der Waals surface area contributed by atoms with Gasteiger partial charge in [-0.05, 0) is 97.3 Å². The SMILES string of the molecule is CC(C)(C)c1cc(Oc2[c-]c3c(cc2)c2ccccc2n3-c2cc(C(C)(C)C)ccn2)[c-]c(N2[CH-]N(c3cc4c5c(c3)Oc3cc(C(C)(C)C)cc6c3N5c3c(cc(C(C)(C)C)cc3C6(C)C)O4)c3ccccc32)c1.[Pt]. The summed E-state index contributed by atoms with van der Waals surface area (Å²) in [5.41, 5.74) is 15.4. The van der Waals surface area contributed by atoms with Crippen molar-refractivity contribution in [1.82, 2.24) is 9.55 Å². The van der Waals surface area contributed by atoms with E-state index in [2.05, 4.69) is 250 Å².